The molecule has 22 heavy (non-hydrogen) atoms. The van der Waals surface area contributed by atoms with Crippen molar-refractivity contribution in [2.24, 2.45) is 0 Å². The van der Waals surface area contributed by atoms with Crippen LogP contribution in [0.3, 0.4) is 0 Å². The van der Waals surface area contributed by atoms with E-state index in [4.69, 9.17) is 4.74 Å². The van der Waals surface area contributed by atoms with E-state index in [2.05, 4.69) is 19.1 Å². The molecule has 0 aliphatic heterocycles. The molecule has 2 rings (SSSR count). The van der Waals surface area contributed by atoms with E-state index >= 15 is 0 Å². The molecule has 3 heteroatoms. The maximum atomic E-state index is 11.9. The van der Waals surface area contributed by atoms with Crippen LogP contribution < -0.4 is 0 Å². The number of carbonyl (C=O) groups excluding carboxylic acids is 1. The Hall–Kier alpha value is -1.74. The van der Waals surface area contributed by atoms with Crippen molar-refractivity contribution in [2.75, 3.05) is 5.75 Å². The van der Waals surface area contributed by atoms with E-state index in [1.807, 2.05) is 55.5 Å². The van der Waals surface area contributed by atoms with Gasteiger partial charge in [0.15, 0.2) is 0 Å². The van der Waals surface area contributed by atoms with Crippen molar-refractivity contribution < 1.29 is 9.53 Å². The first kappa shape index (κ1) is 16.6. The molecule has 0 radical (unpaired) electrons. The zero-order valence-electron chi connectivity index (χ0n) is 13.1. The van der Waals surface area contributed by atoms with Gasteiger partial charge in [0.2, 0.25) is 0 Å². The minimum absolute atomic E-state index is 0.135. The van der Waals surface area contributed by atoms with Crippen LogP contribution in [0, 0.1) is 0 Å². The molecule has 2 aromatic rings. The molecule has 0 spiro atoms. The number of carbonyl (C=O) groups is 1. The highest BCUT2D eigenvalue weighted by Crippen LogP contribution is 2.28. The fraction of sp³-hybridized carbons (Fsp3) is 0.316. The molecule has 0 amide bonds. The number of esters is 1. The topological polar surface area (TPSA) is 26.3 Å². The van der Waals surface area contributed by atoms with Gasteiger partial charge in [-0.3, -0.25) is 4.79 Å². The van der Waals surface area contributed by atoms with Crippen LogP contribution in [0.1, 0.15) is 42.7 Å². The Labute approximate surface area is 136 Å². The van der Waals surface area contributed by atoms with Crippen molar-refractivity contribution in [1.29, 1.82) is 0 Å². The van der Waals surface area contributed by atoms with Gasteiger partial charge >= 0.3 is 5.97 Å². The van der Waals surface area contributed by atoms with E-state index in [1.165, 1.54) is 5.56 Å². The summed E-state index contributed by atoms with van der Waals surface area (Å²) in [5.41, 5.74) is 2.32. The fourth-order valence-corrected chi connectivity index (χ4v) is 3.18. The van der Waals surface area contributed by atoms with Crippen LogP contribution in [0.5, 0.6) is 0 Å². The summed E-state index contributed by atoms with van der Waals surface area (Å²) in [6.45, 7) is 4.07. The van der Waals surface area contributed by atoms with Crippen molar-refractivity contribution in [3.63, 3.8) is 0 Å². The quantitative estimate of drug-likeness (QED) is 0.659. The summed E-state index contributed by atoms with van der Waals surface area (Å²) in [4.78, 5) is 11.9. The molecule has 0 saturated carbocycles. The Morgan fingerprint density at radius 1 is 0.955 bits per heavy atom. The summed E-state index contributed by atoms with van der Waals surface area (Å²) in [5.74, 6) is 0.639. The van der Waals surface area contributed by atoms with E-state index in [1.54, 1.807) is 11.8 Å². The maximum absolute atomic E-state index is 11.9. The first-order chi connectivity index (χ1) is 10.7. The first-order valence-electron chi connectivity index (χ1n) is 7.58. The van der Waals surface area contributed by atoms with E-state index in [0.29, 0.717) is 11.7 Å². The smallest absolute Gasteiger partial charge is 0.307 e. The lowest BCUT2D eigenvalue weighted by molar-refractivity contribution is -0.148. The largest absolute Gasteiger partial charge is 0.458 e. The van der Waals surface area contributed by atoms with Gasteiger partial charge in [-0.2, -0.15) is 11.8 Å². The van der Waals surface area contributed by atoms with Crippen molar-refractivity contribution in [3.8, 4) is 0 Å². The van der Waals surface area contributed by atoms with Crippen LogP contribution in [-0.4, -0.2) is 11.7 Å². The normalized spacial score (nSPS) is 13.4. The third kappa shape index (κ3) is 5.23. The summed E-state index contributed by atoms with van der Waals surface area (Å²) in [6.07, 6.45) is 0.254. The number of thioether (sulfide) groups is 1. The summed E-state index contributed by atoms with van der Waals surface area (Å²) < 4.78 is 5.47. The molecule has 116 valence electrons. The van der Waals surface area contributed by atoms with E-state index in [-0.39, 0.29) is 12.1 Å². The molecule has 0 fully saturated rings. The average Bonchev–Trinajstić information content (AvgIpc) is 2.56. The monoisotopic (exact) mass is 314 g/mol. The number of benzene rings is 2. The molecule has 0 heterocycles. The lowest BCUT2D eigenvalue weighted by Gasteiger charge is -2.14. The third-order valence-electron chi connectivity index (χ3n) is 3.52. The molecule has 2 nitrogen and oxygen atoms in total. The Bertz CT molecular complexity index is 569. The standard InChI is InChI=1S/C19H22O2S/c1-15(17-9-5-3-6-10-17)21-19(20)13-14-22-16(2)18-11-7-4-8-12-18/h3-12,15-16H,13-14H2,1-2H3. The Kier molecular flexibility index (Phi) is 6.53. The van der Waals surface area contributed by atoms with Gasteiger partial charge in [-0.1, -0.05) is 60.7 Å². The molecule has 0 saturated heterocycles. The van der Waals surface area contributed by atoms with Crippen molar-refractivity contribution >= 4 is 17.7 Å². The van der Waals surface area contributed by atoms with Gasteiger partial charge in [0.1, 0.15) is 6.10 Å². The first-order valence-corrected chi connectivity index (χ1v) is 8.62. The molecule has 0 aliphatic rings. The number of ether oxygens (including phenoxy) is 1. The molecule has 2 unspecified atom stereocenters. The van der Waals surface area contributed by atoms with E-state index < -0.39 is 0 Å². The van der Waals surface area contributed by atoms with Crippen LogP contribution in [0.15, 0.2) is 60.7 Å². The molecular weight excluding hydrogens is 292 g/mol. The fourth-order valence-electron chi connectivity index (χ4n) is 2.19. The third-order valence-corrected chi connectivity index (χ3v) is 4.73. The second-order valence-corrected chi connectivity index (χ2v) is 6.67. The second-order valence-electron chi connectivity index (χ2n) is 5.22. The molecule has 0 N–H and O–H groups in total. The maximum Gasteiger partial charge on any atom is 0.307 e. The summed E-state index contributed by atoms with van der Waals surface area (Å²) in [6, 6.07) is 20.2. The van der Waals surface area contributed by atoms with Gasteiger partial charge < -0.3 is 4.74 Å². The molecule has 2 aromatic carbocycles. The van der Waals surface area contributed by atoms with Crippen LogP contribution in [0.25, 0.3) is 0 Å². The Balaban J connectivity index is 1.72. The van der Waals surface area contributed by atoms with Crippen LogP contribution in [0.2, 0.25) is 0 Å². The van der Waals surface area contributed by atoms with Crippen molar-refractivity contribution in [3.05, 3.63) is 71.8 Å². The van der Waals surface area contributed by atoms with E-state index in [9.17, 15) is 4.79 Å². The molecule has 2 atom stereocenters. The highest BCUT2D eigenvalue weighted by Gasteiger charge is 2.12. The second kappa shape index (κ2) is 8.64. The minimum Gasteiger partial charge on any atom is -0.458 e. The lowest BCUT2D eigenvalue weighted by Crippen LogP contribution is -2.09. The van der Waals surface area contributed by atoms with Gasteiger partial charge in [-0.15, -0.1) is 0 Å². The summed E-state index contributed by atoms with van der Waals surface area (Å²) in [5, 5.41) is 0.389. The van der Waals surface area contributed by atoms with Gasteiger partial charge in [-0.05, 0) is 25.0 Å². The summed E-state index contributed by atoms with van der Waals surface area (Å²) in [7, 11) is 0. The molecular formula is C19H22O2S. The van der Waals surface area contributed by atoms with Crippen molar-refractivity contribution in [1.82, 2.24) is 0 Å². The van der Waals surface area contributed by atoms with Gasteiger partial charge in [0.05, 0.1) is 6.42 Å². The zero-order valence-corrected chi connectivity index (χ0v) is 13.9. The lowest BCUT2D eigenvalue weighted by atomic mass is 10.1. The van der Waals surface area contributed by atoms with Gasteiger partial charge in [0.25, 0.3) is 0 Å². The molecule has 0 bridgehead atoms. The SMILES string of the molecule is CC(OC(=O)CCSC(C)c1ccccc1)c1ccccc1. The average molecular weight is 314 g/mol. The van der Waals surface area contributed by atoms with Crippen LogP contribution in [-0.2, 0) is 9.53 Å². The van der Waals surface area contributed by atoms with Crippen LogP contribution >= 0.6 is 11.8 Å². The van der Waals surface area contributed by atoms with E-state index in [0.717, 1.165) is 11.3 Å². The highest BCUT2D eigenvalue weighted by molar-refractivity contribution is 7.99. The molecule has 0 aromatic heterocycles. The van der Waals surface area contributed by atoms with Crippen LogP contribution in [0.4, 0.5) is 0 Å². The number of hydrogen-bond acceptors (Lipinski definition) is 3. The summed E-state index contributed by atoms with van der Waals surface area (Å²) >= 11 is 1.78. The van der Waals surface area contributed by atoms with Crippen molar-refractivity contribution in [2.45, 2.75) is 31.6 Å². The minimum atomic E-state index is -0.190. The predicted octanol–water partition coefficient (Wildman–Crippen LogP) is 5.18. The predicted molar refractivity (Wildman–Crippen MR) is 92.9 cm³/mol. The number of rotatable bonds is 7. The molecule has 0 aliphatic carbocycles. The Morgan fingerprint density at radius 3 is 2.09 bits per heavy atom. The highest BCUT2D eigenvalue weighted by atomic mass is 32.2. The van der Waals surface area contributed by atoms with Gasteiger partial charge in [-0.25, -0.2) is 0 Å². The number of hydrogen-bond donors (Lipinski definition) is 0. The van der Waals surface area contributed by atoms with Gasteiger partial charge in [0, 0.05) is 11.0 Å². The Morgan fingerprint density at radius 2 is 1.50 bits per heavy atom. The zero-order chi connectivity index (χ0) is 15.8.